The molecule has 0 aliphatic carbocycles. The van der Waals surface area contributed by atoms with Gasteiger partial charge in [-0.2, -0.15) is 0 Å². The van der Waals surface area contributed by atoms with Crippen LogP contribution in [0, 0.1) is 0 Å². The maximum Gasteiger partial charge on any atom is 0.327 e. The lowest BCUT2D eigenvalue weighted by Crippen LogP contribution is -2.45. The Kier molecular flexibility index (Phi) is 3.60. The Morgan fingerprint density at radius 2 is 1.75 bits per heavy atom. The normalized spacial score (nSPS) is 16.5. The molecule has 1 aromatic rings. The molecular formula is C13H13NO6. The predicted octanol–water partition coefficient (Wildman–Crippen LogP) is 0.242. The van der Waals surface area contributed by atoms with E-state index in [1.807, 2.05) is 0 Å². The summed E-state index contributed by atoms with van der Waals surface area (Å²) in [6.07, 6.45) is -0.0897. The van der Waals surface area contributed by atoms with Crippen molar-refractivity contribution >= 4 is 17.8 Å². The maximum atomic E-state index is 11.6. The second-order valence-electron chi connectivity index (χ2n) is 4.54. The van der Waals surface area contributed by atoms with Crippen LogP contribution in [0.15, 0.2) is 18.2 Å². The third-order valence-corrected chi connectivity index (χ3v) is 3.16. The van der Waals surface area contributed by atoms with E-state index in [1.165, 1.54) is 18.2 Å². The zero-order valence-electron chi connectivity index (χ0n) is 10.4. The van der Waals surface area contributed by atoms with Gasteiger partial charge >= 0.3 is 5.97 Å². The van der Waals surface area contributed by atoms with Crippen LogP contribution >= 0.6 is 0 Å². The largest absolute Gasteiger partial charge is 0.504 e. The average molecular weight is 279 g/mol. The van der Waals surface area contributed by atoms with Crippen LogP contribution in [0.5, 0.6) is 11.5 Å². The smallest absolute Gasteiger partial charge is 0.327 e. The molecule has 2 amide bonds. The molecule has 1 aliphatic rings. The average Bonchev–Trinajstić information content (AvgIpc) is 2.70. The molecule has 0 saturated carbocycles. The lowest BCUT2D eigenvalue weighted by Gasteiger charge is -2.22. The molecule has 1 aliphatic heterocycles. The molecule has 106 valence electrons. The van der Waals surface area contributed by atoms with Gasteiger partial charge < -0.3 is 15.3 Å². The van der Waals surface area contributed by atoms with Gasteiger partial charge in [0.15, 0.2) is 11.5 Å². The van der Waals surface area contributed by atoms with Crippen molar-refractivity contribution in [3.05, 3.63) is 23.8 Å². The highest BCUT2D eigenvalue weighted by atomic mass is 16.4. The fraction of sp³-hybridized carbons (Fsp3) is 0.308. The molecule has 7 heteroatoms. The number of carbonyl (C=O) groups excluding carboxylic acids is 2. The highest BCUT2D eigenvalue weighted by Crippen LogP contribution is 2.26. The van der Waals surface area contributed by atoms with Crippen LogP contribution < -0.4 is 0 Å². The van der Waals surface area contributed by atoms with Crippen molar-refractivity contribution < 1.29 is 29.7 Å². The molecule has 7 nitrogen and oxygen atoms in total. The zero-order chi connectivity index (χ0) is 14.9. The first kappa shape index (κ1) is 13.9. The van der Waals surface area contributed by atoms with Gasteiger partial charge in [0.05, 0.1) is 0 Å². The fourth-order valence-electron chi connectivity index (χ4n) is 2.15. The SMILES string of the molecule is O=C(O)C(Cc1ccc(O)c(O)c1)N1C(=O)CCC1=O. The van der Waals surface area contributed by atoms with Gasteiger partial charge in [0.1, 0.15) is 6.04 Å². The number of aromatic hydroxyl groups is 2. The van der Waals surface area contributed by atoms with E-state index in [9.17, 15) is 29.7 Å². The number of phenolic OH excluding ortho intramolecular Hbond substituents is 2. The number of carboxylic acids is 1. The fourth-order valence-corrected chi connectivity index (χ4v) is 2.15. The van der Waals surface area contributed by atoms with E-state index < -0.39 is 23.8 Å². The summed E-state index contributed by atoms with van der Waals surface area (Å²) in [6.45, 7) is 0. The molecule has 0 spiro atoms. The molecule has 0 aromatic heterocycles. The lowest BCUT2D eigenvalue weighted by atomic mass is 10.0. The topological polar surface area (TPSA) is 115 Å². The summed E-state index contributed by atoms with van der Waals surface area (Å²) < 4.78 is 0. The van der Waals surface area contributed by atoms with Crippen LogP contribution in [0.25, 0.3) is 0 Å². The minimum atomic E-state index is -1.30. The summed E-state index contributed by atoms with van der Waals surface area (Å²) in [5, 5.41) is 27.8. The van der Waals surface area contributed by atoms with Gasteiger partial charge in [-0.3, -0.25) is 14.5 Å². The van der Waals surface area contributed by atoms with Crippen molar-refractivity contribution in [1.29, 1.82) is 0 Å². The molecule has 2 rings (SSSR count). The first-order valence-electron chi connectivity index (χ1n) is 5.98. The van der Waals surface area contributed by atoms with Crippen LogP contribution in [0.3, 0.4) is 0 Å². The first-order chi connectivity index (χ1) is 9.40. The van der Waals surface area contributed by atoms with Gasteiger partial charge in [0, 0.05) is 19.3 Å². The van der Waals surface area contributed by atoms with E-state index in [0.29, 0.717) is 5.56 Å². The number of benzene rings is 1. The van der Waals surface area contributed by atoms with Crippen molar-refractivity contribution in [2.75, 3.05) is 0 Å². The number of carboxylic acid groups (broad SMARTS) is 1. The number of carbonyl (C=O) groups is 3. The molecule has 0 bridgehead atoms. The Hall–Kier alpha value is -2.57. The van der Waals surface area contributed by atoms with Crippen LogP contribution in [0.4, 0.5) is 0 Å². The number of phenols is 2. The standard InChI is InChI=1S/C13H13NO6/c15-9-2-1-7(6-10(9)16)5-8(13(19)20)14-11(17)3-4-12(14)18/h1-2,6,8,15-16H,3-5H2,(H,19,20). The Labute approximate surface area is 114 Å². The molecule has 1 heterocycles. The number of aliphatic carboxylic acids is 1. The predicted molar refractivity (Wildman–Crippen MR) is 66.0 cm³/mol. The maximum absolute atomic E-state index is 11.6. The van der Waals surface area contributed by atoms with Gasteiger partial charge in [0.25, 0.3) is 0 Å². The Morgan fingerprint density at radius 1 is 1.15 bits per heavy atom. The zero-order valence-corrected chi connectivity index (χ0v) is 10.4. The molecule has 1 aromatic carbocycles. The highest BCUT2D eigenvalue weighted by molar-refractivity contribution is 6.04. The third kappa shape index (κ3) is 2.56. The number of amides is 2. The van der Waals surface area contributed by atoms with Gasteiger partial charge in [0.2, 0.25) is 11.8 Å². The van der Waals surface area contributed by atoms with Crippen LogP contribution in [-0.2, 0) is 20.8 Å². The molecule has 1 atom stereocenters. The number of hydrogen-bond donors (Lipinski definition) is 3. The Morgan fingerprint density at radius 3 is 2.25 bits per heavy atom. The van der Waals surface area contributed by atoms with E-state index in [2.05, 4.69) is 0 Å². The summed E-state index contributed by atoms with van der Waals surface area (Å²) in [7, 11) is 0. The Balaban J connectivity index is 2.26. The van der Waals surface area contributed by atoms with E-state index in [1.54, 1.807) is 0 Å². The minimum absolute atomic E-state index is 0.0173. The number of rotatable bonds is 4. The molecule has 1 fully saturated rings. The lowest BCUT2D eigenvalue weighted by molar-refractivity contribution is -0.154. The number of imide groups is 1. The van der Waals surface area contributed by atoms with Crippen LogP contribution in [0.1, 0.15) is 18.4 Å². The van der Waals surface area contributed by atoms with Crippen molar-refractivity contribution in [2.45, 2.75) is 25.3 Å². The molecule has 1 saturated heterocycles. The van der Waals surface area contributed by atoms with Crippen LogP contribution in [0.2, 0.25) is 0 Å². The summed E-state index contributed by atoms with van der Waals surface area (Å²) in [6, 6.07) is 2.55. The van der Waals surface area contributed by atoms with E-state index in [-0.39, 0.29) is 30.8 Å². The first-order valence-corrected chi connectivity index (χ1v) is 5.98. The summed E-state index contributed by atoms with van der Waals surface area (Å²) in [5.41, 5.74) is 0.403. The van der Waals surface area contributed by atoms with Crippen molar-refractivity contribution in [3.63, 3.8) is 0 Å². The summed E-state index contributed by atoms with van der Waals surface area (Å²) in [4.78, 5) is 35.2. The quantitative estimate of drug-likeness (QED) is 0.537. The number of likely N-dealkylation sites (tertiary alicyclic amines) is 1. The van der Waals surface area contributed by atoms with Crippen LogP contribution in [-0.4, -0.2) is 44.0 Å². The summed E-state index contributed by atoms with van der Waals surface area (Å²) in [5.74, 6) is -3.02. The van der Waals surface area contributed by atoms with Crippen molar-refractivity contribution in [1.82, 2.24) is 4.90 Å². The number of nitrogens with zero attached hydrogens (tertiary/aromatic N) is 1. The number of hydrogen-bond acceptors (Lipinski definition) is 5. The van der Waals surface area contributed by atoms with Gasteiger partial charge in [-0.15, -0.1) is 0 Å². The summed E-state index contributed by atoms with van der Waals surface area (Å²) >= 11 is 0. The highest BCUT2D eigenvalue weighted by Gasteiger charge is 2.38. The second kappa shape index (κ2) is 5.20. The van der Waals surface area contributed by atoms with Crippen molar-refractivity contribution in [3.8, 4) is 11.5 Å². The van der Waals surface area contributed by atoms with Gasteiger partial charge in [-0.25, -0.2) is 4.79 Å². The minimum Gasteiger partial charge on any atom is -0.504 e. The Bertz CT molecular complexity index is 566. The second-order valence-corrected chi connectivity index (χ2v) is 4.54. The van der Waals surface area contributed by atoms with E-state index in [0.717, 1.165) is 4.90 Å². The van der Waals surface area contributed by atoms with Gasteiger partial charge in [-0.05, 0) is 17.7 Å². The molecule has 20 heavy (non-hydrogen) atoms. The molecule has 0 radical (unpaired) electrons. The van der Waals surface area contributed by atoms with E-state index >= 15 is 0 Å². The van der Waals surface area contributed by atoms with Gasteiger partial charge in [-0.1, -0.05) is 6.07 Å². The molecular weight excluding hydrogens is 266 g/mol. The van der Waals surface area contributed by atoms with E-state index in [4.69, 9.17) is 0 Å². The molecule has 3 N–H and O–H groups in total. The third-order valence-electron chi connectivity index (χ3n) is 3.16. The molecule has 1 unspecified atom stereocenters. The van der Waals surface area contributed by atoms with Crippen molar-refractivity contribution in [2.24, 2.45) is 0 Å². The monoisotopic (exact) mass is 279 g/mol.